The van der Waals surface area contributed by atoms with E-state index in [0.717, 1.165) is 0 Å². The van der Waals surface area contributed by atoms with Gasteiger partial charge in [-0.25, -0.2) is 27.4 Å². The second-order valence-electron chi connectivity index (χ2n) is 0.966. The van der Waals surface area contributed by atoms with Gasteiger partial charge in [0.1, 0.15) is 0 Å². The van der Waals surface area contributed by atoms with Crippen molar-refractivity contribution in [3.63, 3.8) is 0 Å². The second kappa shape index (κ2) is 7.57. The molecular weight excluding hydrogens is 280 g/mol. The van der Waals surface area contributed by atoms with Gasteiger partial charge < -0.3 is 9.11 Å². The maximum Gasteiger partial charge on any atom is 2.00 e. The Balaban J connectivity index is -0.000000143. The van der Waals surface area contributed by atoms with Crippen molar-refractivity contribution in [2.75, 3.05) is 0 Å². The van der Waals surface area contributed by atoms with Crippen LogP contribution in [-0.4, -0.2) is 36.5 Å². The van der Waals surface area contributed by atoms with Crippen molar-refractivity contribution >= 4 is 20.8 Å². The van der Waals surface area contributed by atoms with E-state index in [1.807, 2.05) is 0 Å². The van der Waals surface area contributed by atoms with Gasteiger partial charge in [0.15, 0.2) is 0 Å². The fourth-order valence-corrected chi connectivity index (χ4v) is 0. The van der Waals surface area contributed by atoms with Crippen molar-refractivity contribution in [1.29, 1.82) is 0 Å². The van der Waals surface area contributed by atoms with Crippen molar-refractivity contribution in [3.8, 4) is 0 Å². The summed E-state index contributed by atoms with van der Waals surface area (Å²) in [4.78, 5) is 0. The fraction of sp³-hybridized carbons (Fsp3) is 0. The zero-order valence-corrected chi connectivity index (χ0v) is 8.07. The monoisotopic (exact) mass is 282 g/mol. The Morgan fingerprint density at radius 3 is 0.923 bits per heavy atom. The van der Waals surface area contributed by atoms with Gasteiger partial charge in [-0.2, -0.15) is 0 Å². The summed E-state index contributed by atoms with van der Waals surface area (Å²) in [5.41, 5.74) is 0. The van der Waals surface area contributed by atoms with Gasteiger partial charge in [0, 0.05) is 0 Å². The molecule has 0 heterocycles. The van der Waals surface area contributed by atoms with Crippen LogP contribution in [0, 0.1) is 0 Å². The van der Waals surface area contributed by atoms with Crippen LogP contribution in [0.2, 0.25) is 0 Å². The van der Waals surface area contributed by atoms with E-state index in [1.165, 1.54) is 0 Å². The van der Waals surface area contributed by atoms with Gasteiger partial charge in [-0.3, -0.25) is 0 Å². The molecule has 0 rings (SSSR count). The first-order valence-corrected chi connectivity index (χ1v) is 4.37. The molecule has 13 heteroatoms. The summed E-state index contributed by atoms with van der Waals surface area (Å²) < 4.78 is 58.5. The van der Waals surface area contributed by atoms with Crippen LogP contribution in [0.4, 0.5) is 0 Å². The molecular formula is H2FeO10S2. The van der Waals surface area contributed by atoms with E-state index >= 15 is 0 Å². The molecule has 82 valence electrons. The summed E-state index contributed by atoms with van der Waals surface area (Å²) in [5, 5.41) is 14.0. The Morgan fingerprint density at radius 1 is 0.846 bits per heavy atom. The zero-order chi connectivity index (χ0) is 10.4. The van der Waals surface area contributed by atoms with Gasteiger partial charge >= 0.3 is 17.1 Å². The zero-order valence-electron chi connectivity index (χ0n) is 5.33. The summed E-state index contributed by atoms with van der Waals surface area (Å²) in [7, 11) is -9.71. The third-order valence-electron chi connectivity index (χ3n) is 0.183. The third kappa shape index (κ3) is 33.1. The van der Waals surface area contributed by atoms with Crippen molar-refractivity contribution in [3.05, 3.63) is 0 Å². The fourth-order valence-electron chi connectivity index (χ4n) is 0. The van der Waals surface area contributed by atoms with Crippen LogP contribution in [0.25, 0.3) is 0 Å². The van der Waals surface area contributed by atoms with Crippen LogP contribution in [0.5, 0.6) is 0 Å². The van der Waals surface area contributed by atoms with E-state index in [1.54, 1.807) is 0 Å². The molecule has 0 aromatic heterocycles. The van der Waals surface area contributed by atoms with E-state index in [9.17, 15) is 0 Å². The molecule has 0 aromatic carbocycles. The summed E-state index contributed by atoms with van der Waals surface area (Å²) in [5.74, 6) is 0. The predicted octanol–water partition coefficient (Wildman–Crippen LogP) is -2.13. The van der Waals surface area contributed by atoms with Gasteiger partial charge in [0.2, 0.25) is 20.8 Å². The van der Waals surface area contributed by atoms with Crippen LogP contribution in [0.1, 0.15) is 0 Å². The molecule has 10 nitrogen and oxygen atoms in total. The topological polar surface area (TPSA) is 173 Å². The van der Waals surface area contributed by atoms with Gasteiger partial charge in [-0.05, 0) is 0 Å². The molecule has 0 saturated heterocycles. The standard InChI is InChI=1S/Fe.2H2O5S/c;2*1-5-6(2,3)4/h;2*1H,(H,2,3,4)/q+2;;/p-2. The molecule has 0 radical (unpaired) electrons. The summed E-state index contributed by atoms with van der Waals surface area (Å²) in [6.45, 7) is 0. The van der Waals surface area contributed by atoms with E-state index in [2.05, 4.69) is 8.67 Å². The maximum absolute atomic E-state index is 8.97. The Hall–Kier alpha value is 0.179. The number of hydrogen-bond acceptors (Lipinski definition) is 10. The van der Waals surface area contributed by atoms with Crippen molar-refractivity contribution < 1.29 is 62.2 Å². The molecule has 0 aromatic rings. The molecule has 0 aliphatic carbocycles. The minimum Gasteiger partial charge on any atom is -0.724 e. The predicted molar refractivity (Wildman–Crippen MR) is 26.8 cm³/mol. The maximum atomic E-state index is 8.97. The molecule has 0 amide bonds. The normalized spacial score (nSPS) is 10.8. The SMILES string of the molecule is O=S(=O)([O-])OO.O=S(=O)([O-])OO.[Fe+2]. The molecule has 0 aliphatic rings. The van der Waals surface area contributed by atoms with Crippen LogP contribution >= 0.6 is 0 Å². The molecule has 0 spiro atoms. The molecule has 13 heavy (non-hydrogen) atoms. The Bertz CT molecular complexity index is 249. The van der Waals surface area contributed by atoms with E-state index in [-0.39, 0.29) is 17.1 Å². The minimum absolute atomic E-state index is 0. The van der Waals surface area contributed by atoms with Crippen LogP contribution in [0.15, 0.2) is 0 Å². The Kier molecular flexibility index (Phi) is 11.0. The first-order valence-electron chi connectivity index (χ1n) is 1.70. The average molecular weight is 282 g/mol. The van der Waals surface area contributed by atoms with Gasteiger partial charge in [-0.15, -0.1) is 8.67 Å². The van der Waals surface area contributed by atoms with E-state index < -0.39 is 20.8 Å². The quantitative estimate of drug-likeness (QED) is 0.187. The molecule has 0 atom stereocenters. The summed E-state index contributed by atoms with van der Waals surface area (Å²) in [6.07, 6.45) is 0. The van der Waals surface area contributed by atoms with Crippen molar-refractivity contribution in [2.24, 2.45) is 0 Å². The van der Waals surface area contributed by atoms with Gasteiger partial charge in [0.05, 0.1) is 0 Å². The Morgan fingerprint density at radius 2 is 0.923 bits per heavy atom. The first kappa shape index (κ1) is 18.9. The van der Waals surface area contributed by atoms with Crippen LogP contribution < -0.4 is 0 Å². The summed E-state index contributed by atoms with van der Waals surface area (Å²) in [6, 6.07) is 0. The second-order valence-corrected chi connectivity index (χ2v) is 2.90. The largest absolute Gasteiger partial charge is 2.00 e. The first-order chi connectivity index (χ1) is 5.12. The van der Waals surface area contributed by atoms with Gasteiger partial charge in [0.25, 0.3) is 0 Å². The molecule has 0 fully saturated rings. The van der Waals surface area contributed by atoms with E-state index in [4.69, 9.17) is 36.5 Å². The molecule has 0 saturated carbocycles. The van der Waals surface area contributed by atoms with Gasteiger partial charge in [-0.1, -0.05) is 0 Å². The van der Waals surface area contributed by atoms with Crippen molar-refractivity contribution in [1.82, 2.24) is 0 Å². The smallest absolute Gasteiger partial charge is 0.724 e. The van der Waals surface area contributed by atoms with Crippen LogP contribution in [-0.2, 0) is 46.5 Å². The van der Waals surface area contributed by atoms with E-state index in [0.29, 0.717) is 0 Å². The summed E-state index contributed by atoms with van der Waals surface area (Å²) >= 11 is 0. The van der Waals surface area contributed by atoms with Crippen molar-refractivity contribution in [2.45, 2.75) is 0 Å². The third-order valence-corrected chi connectivity index (χ3v) is 0.548. The molecule has 0 aliphatic heterocycles. The minimum atomic E-state index is -4.86. The molecule has 0 bridgehead atoms. The Labute approximate surface area is 83.3 Å². The number of hydrogen-bond donors (Lipinski definition) is 2. The number of rotatable bonds is 2. The molecule has 2 N–H and O–H groups in total. The molecule has 0 unspecified atom stereocenters. The average Bonchev–Trinajstić information content (AvgIpc) is 1.86. The van der Waals surface area contributed by atoms with Crippen LogP contribution in [0.3, 0.4) is 0 Å².